The van der Waals surface area contributed by atoms with Crippen LogP contribution in [0.25, 0.3) is 0 Å². The smallest absolute Gasteiger partial charge is 0.335 e. The van der Waals surface area contributed by atoms with Gasteiger partial charge in [-0.05, 0) is 44.5 Å². The van der Waals surface area contributed by atoms with Gasteiger partial charge in [-0.15, -0.1) is 0 Å². The lowest BCUT2D eigenvalue weighted by Gasteiger charge is -2.28. The fourth-order valence-corrected chi connectivity index (χ4v) is 1.88. The Morgan fingerprint density at radius 2 is 2.00 bits per heavy atom. The van der Waals surface area contributed by atoms with Gasteiger partial charge in [-0.25, -0.2) is 4.79 Å². The molecule has 0 saturated heterocycles. The van der Waals surface area contributed by atoms with Crippen LogP contribution >= 0.6 is 0 Å². The Balaban J connectivity index is 2.96. The molecule has 4 heteroatoms. The number of nitrogens with zero attached hydrogens (tertiary/aromatic N) is 1. The molecule has 0 atom stereocenters. The molecule has 0 radical (unpaired) electrons. The first-order valence-electron chi connectivity index (χ1n) is 5.48. The van der Waals surface area contributed by atoms with E-state index >= 15 is 0 Å². The van der Waals surface area contributed by atoms with E-state index in [0.29, 0.717) is 6.54 Å². The summed E-state index contributed by atoms with van der Waals surface area (Å²) >= 11 is 0. The van der Waals surface area contributed by atoms with Crippen LogP contribution in [-0.4, -0.2) is 35.4 Å². The predicted octanol–water partition coefficient (Wildman–Crippen LogP) is 1.90. The Morgan fingerprint density at radius 3 is 2.41 bits per heavy atom. The molecule has 94 valence electrons. The van der Waals surface area contributed by atoms with Crippen molar-refractivity contribution in [1.82, 2.24) is 0 Å². The Bertz CT molecular complexity index is 421. The number of hydrogen-bond acceptors (Lipinski definition) is 3. The molecule has 0 saturated carbocycles. The van der Waals surface area contributed by atoms with Crippen molar-refractivity contribution in [2.45, 2.75) is 26.4 Å². The van der Waals surface area contributed by atoms with Gasteiger partial charge in [0.2, 0.25) is 0 Å². The van der Waals surface area contributed by atoms with E-state index in [4.69, 9.17) is 5.11 Å². The van der Waals surface area contributed by atoms with Crippen LogP contribution in [0.15, 0.2) is 18.2 Å². The van der Waals surface area contributed by atoms with E-state index in [1.54, 1.807) is 32.0 Å². The van der Waals surface area contributed by atoms with Gasteiger partial charge in [0, 0.05) is 19.3 Å². The van der Waals surface area contributed by atoms with Crippen molar-refractivity contribution < 1.29 is 15.0 Å². The van der Waals surface area contributed by atoms with E-state index in [-0.39, 0.29) is 5.56 Å². The summed E-state index contributed by atoms with van der Waals surface area (Å²) in [7, 11) is 1.88. The molecule has 0 unspecified atom stereocenters. The predicted molar refractivity (Wildman–Crippen MR) is 67.7 cm³/mol. The highest BCUT2D eigenvalue weighted by Gasteiger charge is 2.17. The van der Waals surface area contributed by atoms with Crippen molar-refractivity contribution in [3.05, 3.63) is 29.3 Å². The number of aryl methyl sites for hydroxylation is 1. The number of anilines is 1. The number of carboxylic acid groups (broad SMARTS) is 1. The van der Waals surface area contributed by atoms with E-state index in [0.717, 1.165) is 11.3 Å². The molecular formula is C13H19NO3. The van der Waals surface area contributed by atoms with Crippen LogP contribution in [-0.2, 0) is 0 Å². The molecule has 0 fully saturated rings. The number of aromatic carboxylic acids is 1. The highest BCUT2D eigenvalue weighted by molar-refractivity contribution is 5.88. The number of aliphatic hydroxyl groups is 1. The normalized spacial score (nSPS) is 11.4. The molecule has 0 aliphatic heterocycles. The molecule has 0 heterocycles. The molecule has 2 N–H and O–H groups in total. The van der Waals surface area contributed by atoms with Gasteiger partial charge >= 0.3 is 5.97 Å². The summed E-state index contributed by atoms with van der Waals surface area (Å²) in [4.78, 5) is 12.7. The van der Waals surface area contributed by atoms with Crippen molar-refractivity contribution >= 4 is 11.7 Å². The van der Waals surface area contributed by atoms with Crippen LogP contribution in [0.2, 0.25) is 0 Å². The maximum Gasteiger partial charge on any atom is 0.335 e. The van der Waals surface area contributed by atoms with Gasteiger partial charge in [-0.3, -0.25) is 0 Å². The van der Waals surface area contributed by atoms with Gasteiger partial charge < -0.3 is 15.1 Å². The molecule has 1 aromatic carbocycles. The average Bonchev–Trinajstić information content (AvgIpc) is 2.14. The van der Waals surface area contributed by atoms with Gasteiger partial charge in [0.25, 0.3) is 0 Å². The van der Waals surface area contributed by atoms with Crippen molar-refractivity contribution in [2.24, 2.45) is 0 Å². The topological polar surface area (TPSA) is 60.8 Å². The minimum absolute atomic E-state index is 0.280. The molecule has 0 aliphatic rings. The molecule has 1 aromatic rings. The summed E-state index contributed by atoms with van der Waals surface area (Å²) in [5.74, 6) is -0.926. The van der Waals surface area contributed by atoms with Crippen LogP contribution in [0.4, 0.5) is 5.69 Å². The van der Waals surface area contributed by atoms with Crippen LogP contribution in [0.1, 0.15) is 29.8 Å². The van der Waals surface area contributed by atoms with Gasteiger partial charge in [0.1, 0.15) is 0 Å². The average molecular weight is 237 g/mol. The Kier molecular flexibility index (Phi) is 3.78. The first-order valence-corrected chi connectivity index (χ1v) is 5.48. The molecule has 0 amide bonds. The Hall–Kier alpha value is -1.55. The largest absolute Gasteiger partial charge is 0.478 e. The fourth-order valence-electron chi connectivity index (χ4n) is 1.88. The summed E-state index contributed by atoms with van der Waals surface area (Å²) in [6.07, 6.45) is 0. The molecular weight excluding hydrogens is 218 g/mol. The second-order valence-electron chi connectivity index (χ2n) is 4.97. The van der Waals surface area contributed by atoms with Crippen LogP contribution in [0.5, 0.6) is 0 Å². The Morgan fingerprint density at radius 1 is 1.41 bits per heavy atom. The molecule has 0 aliphatic carbocycles. The van der Waals surface area contributed by atoms with Crippen molar-refractivity contribution in [2.75, 3.05) is 18.5 Å². The lowest BCUT2D eigenvalue weighted by molar-refractivity contribution is 0.0696. The third-order valence-electron chi connectivity index (χ3n) is 2.48. The zero-order valence-corrected chi connectivity index (χ0v) is 10.7. The van der Waals surface area contributed by atoms with E-state index < -0.39 is 11.6 Å². The van der Waals surface area contributed by atoms with Crippen molar-refractivity contribution in [3.63, 3.8) is 0 Å². The molecule has 0 bridgehead atoms. The van der Waals surface area contributed by atoms with E-state index in [2.05, 4.69) is 0 Å². The molecule has 1 rings (SSSR count). The second-order valence-corrected chi connectivity index (χ2v) is 4.97. The highest BCUT2D eigenvalue weighted by atomic mass is 16.4. The number of benzene rings is 1. The van der Waals surface area contributed by atoms with Crippen LogP contribution in [0.3, 0.4) is 0 Å². The number of rotatable bonds is 4. The maximum absolute atomic E-state index is 10.8. The summed E-state index contributed by atoms with van der Waals surface area (Å²) in [5, 5.41) is 18.6. The lowest BCUT2D eigenvalue weighted by Crippen LogP contribution is -2.36. The lowest BCUT2D eigenvalue weighted by atomic mass is 10.1. The highest BCUT2D eigenvalue weighted by Crippen LogP contribution is 2.21. The summed E-state index contributed by atoms with van der Waals surface area (Å²) in [6, 6.07) is 4.98. The molecule has 0 aromatic heterocycles. The quantitative estimate of drug-likeness (QED) is 0.839. The third kappa shape index (κ3) is 3.75. The third-order valence-corrected chi connectivity index (χ3v) is 2.48. The zero-order valence-electron chi connectivity index (χ0n) is 10.7. The van der Waals surface area contributed by atoms with E-state index in [9.17, 15) is 9.90 Å². The number of likely N-dealkylation sites (N-methyl/N-ethyl adjacent to an activating group) is 1. The van der Waals surface area contributed by atoms with Crippen molar-refractivity contribution in [1.29, 1.82) is 0 Å². The number of carboxylic acids is 1. The Labute approximate surface area is 101 Å². The van der Waals surface area contributed by atoms with Gasteiger partial charge in [-0.1, -0.05) is 0 Å². The zero-order chi connectivity index (χ0) is 13.2. The molecule has 17 heavy (non-hydrogen) atoms. The number of carbonyl (C=O) groups is 1. The van der Waals surface area contributed by atoms with Gasteiger partial charge in [0.15, 0.2) is 0 Å². The van der Waals surface area contributed by atoms with Crippen molar-refractivity contribution in [3.8, 4) is 0 Å². The first-order chi connectivity index (χ1) is 7.70. The SMILES string of the molecule is Cc1cc(C(=O)O)ccc1N(C)CC(C)(C)O. The monoisotopic (exact) mass is 237 g/mol. The summed E-state index contributed by atoms with van der Waals surface area (Å²) in [6.45, 7) is 5.83. The summed E-state index contributed by atoms with van der Waals surface area (Å²) in [5.41, 5.74) is 1.31. The maximum atomic E-state index is 10.8. The fraction of sp³-hybridized carbons (Fsp3) is 0.462. The standard InChI is InChI=1S/C13H19NO3/c1-9-7-10(12(15)16)5-6-11(9)14(4)8-13(2,3)17/h5-7,17H,8H2,1-4H3,(H,15,16). The molecule has 0 spiro atoms. The van der Waals surface area contributed by atoms with Crippen LogP contribution < -0.4 is 4.90 Å². The minimum Gasteiger partial charge on any atom is -0.478 e. The second kappa shape index (κ2) is 4.75. The number of hydrogen-bond donors (Lipinski definition) is 2. The van der Waals surface area contributed by atoms with Gasteiger partial charge in [0.05, 0.1) is 11.2 Å². The summed E-state index contributed by atoms with van der Waals surface area (Å²) < 4.78 is 0. The minimum atomic E-state index is -0.926. The molecule has 4 nitrogen and oxygen atoms in total. The van der Waals surface area contributed by atoms with E-state index in [1.807, 2.05) is 18.9 Å². The van der Waals surface area contributed by atoms with Gasteiger partial charge in [-0.2, -0.15) is 0 Å². The van der Waals surface area contributed by atoms with Crippen LogP contribution in [0, 0.1) is 6.92 Å². The first kappa shape index (κ1) is 13.5. The van der Waals surface area contributed by atoms with E-state index in [1.165, 1.54) is 0 Å².